The summed E-state index contributed by atoms with van der Waals surface area (Å²) in [5.41, 5.74) is -1.09. The van der Waals surface area contributed by atoms with E-state index in [0.29, 0.717) is 11.9 Å². The Bertz CT molecular complexity index is 796. The first-order valence-corrected chi connectivity index (χ1v) is 7.66. The van der Waals surface area contributed by atoms with E-state index in [4.69, 9.17) is 9.94 Å². The molecule has 6 nitrogen and oxygen atoms in total. The van der Waals surface area contributed by atoms with Gasteiger partial charge < -0.3 is 14.5 Å². The van der Waals surface area contributed by atoms with Gasteiger partial charge in [0, 0.05) is 12.7 Å². The van der Waals surface area contributed by atoms with Gasteiger partial charge in [0.05, 0.1) is 16.5 Å². The van der Waals surface area contributed by atoms with Crippen molar-refractivity contribution in [1.82, 2.24) is 4.57 Å². The number of hydrogen-bond acceptors (Lipinski definition) is 5. The van der Waals surface area contributed by atoms with Crippen molar-refractivity contribution in [2.45, 2.75) is 39.8 Å². The van der Waals surface area contributed by atoms with Crippen molar-refractivity contribution in [3.8, 4) is 0 Å². The number of hydrogen-bond donors (Lipinski definition) is 1. The first-order valence-electron chi connectivity index (χ1n) is 6.84. The number of carboxylic acid groups (broad SMARTS) is 1. The van der Waals surface area contributed by atoms with Crippen LogP contribution in [-0.4, -0.2) is 27.5 Å². The first kappa shape index (κ1) is 16.2. The molecule has 2 heterocycles. The fourth-order valence-electron chi connectivity index (χ4n) is 1.88. The summed E-state index contributed by atoms with van der Waals surface area (Å²) < 4.78 is 1.76. The number of pyridine rings is 1. The minimum atomic E-state index is -1.22. The highest BCUT2D eigenvalue weighted by atomic mass is 32.1. The van der Waals surface area contributed by atoms with E-state index in [2.05, 4.69) is 5.16 Å². The van der Waals surface area contributed by atoms with E-state index in [0.717, 1.165) is 9.71 Å². The standard InChI is InChI=1S/C15H18N2O4S/c1-5-17-8-11(14(19)20)12(18)10-6-9(22-13(10)17)7-16-21-15(2,3)4/h6-8H,5H2,1-4H3,(H,19,20). The summed E-state index contributed by atoms with van der Waals surface area (Å²) in [7, 11) is 0. The first-order chi connectivity index (χ1) is 10.2. The molecule has 0 aliphatic heterocycles. The number of oxime groups is 1. The normalized spacial score (nSPS) is 12.2. The number of carbonyl (C=O) groups is 1. The minimum absolute atomic E-state index is 0.221. The minimum Gasteiger partial charge on any atom is -0.477 e. The molecule has 0 aromatic carbocycles. The second kappa shape index (κ2) is 5.92. The van der Waals surface area contributed by atoms with Gasteiger partial charge in [0.25, 0.3) is 0 Å². The average Bonchev–Trinajstić information content (AvgIpc) is 2.82. The lowest BCUT2D eigenvalue weighted by Crippen LogP contribution is -2.17. The number of nitrogens with zero attached hydrogens (tertiary/aromatic N) is 2. The van der Waals surface area contributed by atoms with E-state index in [1.54, 1.807) is 10.6 Å². The monoisotopic (exact) mass is 322 g/mol. The van der Waals surface area contributed by atoms with Crippen LogP contribution in [0, 0.1) is 0 Å². The van der Waals surface area contributed by atoms with Crippen molar-refractivity contribution in [3.05, 3.63) is 32.9 Å². The third-order valence-corrected chi connectivity index (χ3v) is 3.95. The number of aromatic nitrogens is 1. The second-order valence-electron chi connectivity index (χ2n) is 5.77. The third-order valence-electron chi connectivity index (χ3n) is 2.84. The summed E-state index contributed by atoms with van der Waals surface area (Å²) in [6.07, 6.45) is 2.92. The van der Waals surface area contributed by atoms with Crippen LogP contribution in [0.15, 0.2) is 22.2 Å². The number of rotatable bonds is 4. The maximum atomic E-state index is 12.2. The van der Waals surface area contributed by atoms with E-state index in [1.807, 2.05) is 27.7 Å². The van der Waals surface area contributed by atoms with Gasteiger partial charge >= 0.3 is 5.97 Å². The van der Waals surface area contributed by atoms with Crippen LogP contribution in [0.3, 0.4) is 0 Å². The molecule has 0 saturated heterocycles. The van der Waals surface area contributed by atoms with Gasteiger partial charge in [0.2, 0.25) is 5.43 Å². The summed E-state index contributed by atoms with van der Waals surface area (Å²) in [4.78, 5) is 30.1. The SMILES string of the molecule is CCn1cc(C(=O)O)c(=O)c2cc(C=NOC(C)(C)C)sc21. The molecular weight excluding hydrogens is 304 g/mol. The molecule has 2 aromatic rings. The zero-order valence-corrected chi connectivity index (χ0v) is 13.7. The third kappa shape index (κ3) is 3.36. The zero-order valence-electron chi connectivity index (χ0n) is 12.9. The lowest BCUT2D eigenvalue weighted by molar-refractivity contribution is 0.00201. The molecule has 0 atom stereocenters. The maximum Gasteiger partial charge on any atom is 0.341 e. The molecule has 0 radical (unpaired) electrons. The second-order valence-corrected chi connectivity index (χ2v) is 6.83. The van der Waals surface area contributed by atoms with Crippen LogP contribution in [-0.2, 0) is 11.4 Å². The van der Waals surface area contributed by atoms with Crippen LogP contribution in [0.5, 0.6) is 0 Å². The topological polar surface area (TPSA) is 80.9 Å². The molecule has 2 aromatic heterocycles. The molecule has 0 saturated carbocycles. The van der Waals surface area contributed by atoms with Gasteiger partial charge in [-0.25, -0.2) is 4.79 Å². The molecule has 0 unspecified atom stereocenters. The predicted molar refractivity (Wildman–Crippen MR) is 87.2 cm³/mol. The molecule has 0 amide bonds. The Kier molecular flexibility index (Phi) is 4.37. The average molecular weight is 322 g/mol. The van der Waals surface area contributed by atoms with Crippen LogP contribution in [0.2, 0.25) is 0 Å². The van der Waals surface area contributed by atoms with Crippen molar-refractivity contribution in [1.29, 1.82) is 0 Å². The molecule has 0 fully saturated rings. The van der Waals surface area contributed by atoms with Crippen molar-refractivity contribution >= 4 is 33.7 Å². The van der Waals surface area contributed by atoms with Gasteiger partial charge in [-0.05, 0) is 33.8 Å². The molecule has 0 bridgehead atoms. The summed E-state index contributed by atoms with van der Waals surface area (Å²) in [6.45, 7) is 8.12. The van der Waals surface area contributed by atoms with Crippen molar-refractivity contribution < 1.29 is 14.7 Å². The van der Waals surface area contributed by atoms with Crippen molar-refractivity contribution in [2.75, 3.05) is 0 Å². The summed E-state index contributed by atoms with van der Waals surface area (Å²) in [6, 6.07) is 1.65. The fraction of sp³-hybridized carbons (Fsp3) is 0.400. The molecule has 2 rings (SSSR count). The van der Waals surface area contributed by atoms with E-state index in [1.165, 1.54) is 23.7 Å². The number of aryl methyl sites for hydroxylation is 1. The van der Waals surface area contributed by atoms with E-state index >= 15 is 0 Å². The zero-order chi connectivity index (χ0) is 16.5. The molecule has 7 heteroatoms. The summed E-state index contributed by atoms with van der Waals surface area (Å²) in [5.74, 6) is -1.22. The van der Waals surface area contributed by atoms with Crippen LogP contribution < -0.4 is 5.43 Å². The van der Waals surface area contributed by atoms with Gasteiger partial charge in [-0.15, -0.1) is 11.3 Å². The van der Waals surface area contributed by atoms with Crippen molar-refractivity contribution in [2.24, 2.45) is 5.16 Å². The van der Waals surface area contributed by atoms with Gasteiger partial charge in [-0.1, -0.05) is 5.16 Å². The maximum absolute atomic E-state index is 12.2. The fourth-order valence-corrected chi connectivity index (χ4v) is 2.94. The van der Waals surface area contributed by atoms with Crippen molar-refractivity contribution in [3.63, 3.8) is 0 Å². The quantitative estimate of drug-likeness (QED) is 0.693. The largest absolute Gasteiger partial charge is 0.477 e. The number of fused-ring (bicyclic) bond motifs is 1. The number of aromatic carboxylic acids is 1. The summed E-state index contributed by atoms with van der Waals surface area (Å²) in [5, 5.41) is 13.4. The van der Waals surface area contributed by atoms with Crippen LogP contribution in [0.4, 0.5) is 0 Å². The molecular formula is C15H18N2O4S. The molecule has 22 heavy (non-hydrogen) atoms. The molecule has 0 spiro atoms. The van der Waals surface area contributed by atoms with Crippen LogP contribution in [0.25, 0.3) is 10.2 Å². The van der Waals surface area contributed by atoms with E-state index < -0.39 is 17.0 Å². The van der Waals surface area contributed by atoms with Crippen LogP contribution >= 0.6 is 11.3 Å². The Morgan fingerprint density at radius 2 is 2.18 bits per heavy atom. The Morgan fingerprint density at radius 1 is 1.50 bits per heavy atom. The Balaban J connectivity index is 2.52. The Labute approximate surface area is 131 Å². The van der Waals surface area contributed by atoms with Gasteiger partial charge in [-0.2, -0.15) is 0 Å². The lowest BCUT2D eigenvalue weighted by atomic mass is 10.2. The number of carboxylic acids is 1. The summed E-state index contributed by atoms with van der Waals surface area (Å²) >= 11 is 1.37. The Morgan fingerprint density at radius 3 is 2.73 bits per heavy atom. The highest BCUT2D eigenvalue weighted by Gasteiger charge is 2.16. The van der Waals surface area contributed by atoms with E-state index in [-0.39, 0.29) is 5.56 Å². The molecule has 0 aliphatic carbocycles. The van der Waals surface area contributed by atoms with Crippen LogP contribution in [0.1, 0.15) is 42.9 Å². The van der Waals surface area contributed by atoms with Gasteiger partial charge in [0.1, 0.15) is 16.0 Å². The highest BCUT2D eigenvalue weighted by molar-refractivity contribution is 7.20. The molecule has 118 valence electrons. The lowest BCUT2D eigenvalue weighted by Gasteiger charge is -2.14. The number of thiophene rings is 1. The molecule has 1 N–H and O–H groups in total. The Hall–Kier alpha value is -2.15. The van der Waals surface area contributed by atoms with Gasteiger partial charge in [0.15, 0.2) is 0 Å². The molecule has 0 aliphatic rings. The van der Waals surface area contributed by atoms with E-state index in [9.17, 15) is 9.59 Å². The van der Waals surface area contributed by atoms with Gasteiger partial charge in [-0.3, -0.25) is 4.79 Å². The smallest absolute Gasteiger partial charge is 0.341 e. The predicted octanol–water partition coefficient (Wildman–Crippen LogP) is 2.93. The highest BCUT2D eigenvalue weighted by Crippen LogP contribution is 2.23.